The Morgan fingerprint density at radius 1 is 1.14 bits per heavy atom. The number of carboxylic acids is 1. The normalized spacial score (nSPS) is 13.9. The van der Waals surface area contributed by atoms with Crippen LogP contribution in [0.5, 0.6) is 0 Å². The second-order valence-corrected chi connectivity index (χ2v) is 8.37. The number of benzene rings is 1. The van der Waals surface area contributed by atoms with E-state index in [1.54, 1.807) is 21.3 Å². The van der Waals surface area contributed by atoms with E-state index in [0.717, 1.165) is 42.9 Å². The average molecular weight is 521 g/mol. The van der Waals surface area contributed by atoms with Gasteiger partial charge in [0.05, 0.1) is 16.9 Å². The zero-order valence-electron chi connectivity index (χ0n) is 19.8. The number of hydrogen-bond acceptors (Lipinski definition) is 6. The van der Waals surface area contributed by atoms with E-state index in [4.69, 9.17) is 9.90 Å². The molecule has 1 aliphatic heterocycles. The van der Waals surface area contributed by atoms with Crippen LogP contribution < -0.4 is 15.5 Å². The molecular formula is C23H23F4N7O3. The molecule has 3 N–H and O–H groups in total. The number of fused-ring (bicyclic) bond motifs is 2. The third-order valence-corrected chi connectivity index (χ3v) is 5.62. The number of aryl methyl sites for hydroxylation is 2. The predicted molar refractivity (Wildman–Crippen MR) is 127 cm³/mol. The summed E-state index contributed by atoms with van der Waals surface area (Å²) in [6.45, 7) is 5.45. The summed E-state index contributed by atoms with van der Waals surface area (Å²) in [6.07, 6.45) is 0.154. The fraction of sp³-hybridized carbons (Fsp3) is 0.304. The first-order chi connectivity index (χ1) is 17.4. The van der Waals surface area contributed by atoms with Gasteiger partial charge in [-0.3, -0.25) is 9.48 Å². The van der Waals surface area contributed by atoms with Crippen molar-refractivity contribution in [1.82, 2.24) is 24.5 Å². The molecule has 37 heavy (non-hydrogen) atoms. The third kappa shape index (κ3) is 5.63. The lowest BCUT2D eigenvalue weighted by Crippen LogP contribution is -2.43. The highest BCUT2D eigenvalue weighted by molar-refractivity contribution is 6.14. The molecule has 1 aromatic carbocycles. The number of amides is 1. The molecule has 4 aromatic rings. The molecule has 5 rings (SSSR count). The average Bonchev–Trinajstić information content (AvgIpc) is 3.39. The lowest BCUT2D eigenvalue weighted by Gasteiger charge is -2.30. The van der Waals surface area contributed by atoms with E-state index < -0.39 is 23.9 Å². The van der Waals surface area contributed by atoms with Crippen LogP contribution in [0.3, 0.4) is 0 Å². The summed E-state index contributed by atoms with van der Waals surface area (Å²) >= 11 is 0. The second kappa shape index (κ2) is 10.0. The topological polar surface area (TPSA) is 117 Å². The fourth-order valence-electron chi connectivity index (χ4n) is 3.99. The molecule has 0 atom stereocenters. The molecule has 3 aromatic heterocycles. The number of carboxylic acid groups (broad SMARTS) is 1. The lowest BCUT2D eigenvalue weighted by molar-refractivity contribution is -0.192. The van der Waals surface area contributed by atoms with Gasteiger partial charge in [-0.15, -0.1) is 0 Å². The Morgan fingerprint density at radius 3 is 2.46 bits per heavy atom. The number of nitrogens with one attached hydrogen (secondary N) is 2. The Hall–Kier alpha value is -4.20. The predicted octanol–water partition coefficient (Wildman–Crippen LogP) is 2.96. The molecule has 0 unspecified atom stereocenters. The standard InChI is InChI=1S/C21H22FN7O.C2HF3O2/c1-13-10-29-12-17(16(22)9-19(29)24-13)25-21(30)14-3-4-18(28-7-5-23-6-8-28)15-11-27(2)26-20(14)15;3-2(4,5)1(6)7/h3-4,9-12,23H,5-8H2,1-2H3,(H,25,30);(H,6,7). The van der Waals surface area contributed by atoms with Crippen LogP contribution in [-0.4, -0.2) is 68.5 Å². The van der Waals surface area contributed by atoms with Gasteiger partial charge in [-0.2, -0.15) is 18.3 Å². The Balaban J connectivity index is 0.000000405. The van der Waals surface area contributed by atoms with E-state index in [2.05, 4.69) is 25.6 Å². The Bertz CT molecular complexity index is 1470. The largest absolute Gasteiger partial charge is 0.490 e. The van der Waals surface area contributed by atoms with E-state index in [1.165, 1.54) is 12.3 Å². The van der Waals surface area contributed by atoms with Gasteiger partial charge >= 0.3 is 12.1 Å². The van der Waals surface area contributed by atoms with Crippen molar-refractivity contribution in [2.75, 3.05) is 36.4 Å². The van der Waals surface area contributed by atoms with Crippen LogP contribution >= 0.6 is 0 Å². The lowest BCUT2D eigenvalue weighted by atomic mass is 10.1. The first kappa shape index (κ1) is 25.9. The van der Waals surface area contributed by atoms with Crippen molar-refractivity contribution in [1.29, 1.82) is 0 Å². The van der Waals surface area contributed by atoms with Crippen LogP contribution in [-0.2, 0) is 11.8 Å². The molecule has 10 nitrogen and oxygen atoms in total. The van der Waals surface area contributed by atoms with E-state index in [1.807, 2.05) is 26.2 Å². The van der Waals surface area contributed by atoms with E-state index in [9.17, 15) is 22.4 Å². The van der Waals surface area contributed by atoms with Crippen molar-refractivity contribution in [2.45, 2.75) is 13.1 Å². The number of piperazine rings is 1. The summed E-state index contributed by atoms with van der Waals surface area (Å²) < 4.78 is 49.7. The molecule has 0 saturated carbocycles. The van der Waals surface area contributed by atoms with Crippen LogP contribution in [0.2, 0.25) is 0 Å². The van der Waals surface area contributed by atoms with Crippen LogP contribution in [0.15, 0.2) is 36.8 Å². The number of aromatic nitrogens is 4. The zero-order valence-corrected chi connectivity index (χ0v) is 19.8. The van der Waals surface area contributed by atoms with E-state index >= 15 is 0 Å². The van der Waals surface area contributed by atoms with Crippen LogP contribution in [0.25, 0.3) is 16.6 Å². The number of halogens is 4. The van der Waals surface area contributed by atoms with Crippen molar-refractivity contribution < 1.29 is 32.3 Å². The molecule has 1 saturated heterocycles. The first-order valence-electron chi connectivity index (χ1n) is 11.1. The summed E-state index contributed by atoms with van der Waals surface area (Å²) in [4.78, 5) is 28.5. The summed E-state index contributed by atoms with van der Waals surface area (Å²) in [7, 11) is 1.83. The highest BCUT2D eigenvalue weighted by Gasteiger charge is 2.38. The quantitative estimate of drug-likeness (QED) is 0.355. The number of alkyl halides is 3. The number of anilines is 2. The van der Waals surface area contributed by atoms with E-state index in [0.29, 0.717) is 16.7 Å². The minimum absolute atomic E-state index is 0.0974. The Kier molecular flexibility index (Phi) is 7.03. The van der Waals surface area contributed by atoms with Gasteiger partial charge in [0, 0.05) is 69.0 Å². The van der Waals surface area contributed by atoms with Crippen molar-refractivity contribution >= 4 is 39.8 Å². The molecule has 1 aliphatic rings. The number of rotatable bonds is 3. The monoisotopic (exact) mass is 521 g/mol. The zero-order chi connectivity index (χ0) is 26.9. The maximum absolute atomic E-state index is 14.5. The fourth-order valence-corrected chi connectivity index (χ4v) is 3.99. The maximum atomic E-state index is 14.5. The van der Waals surface area contributed by atoms with Crippen molar-refractivity contribution in [3.05, 3.63) is 53.9 Å². The van der Waals surface area contributed by atoms with Crippen LogP contribution in [0, 0.1) is 12.7 Å². The highest BCUT2D eigenvalue weighted by Crippen LogP contribution is 2.30. The van der Waals surface area contributed by atoms with Gasteiger partial charge < -0.3 is 25.0 Å². The number of nitrogens with zero attached hydrogens (tertiary/aromatic N) is 5. The molecule has 1 fully saturated rings. The number of pyridine rings is 1. The molecule has 196 valence electrons. The van der Waals surface area contributed by atoms with Gasteiger partial charge in [-0.1, -0.05) is 0 Å². The first-order valence-corrected chi connectivity index (χ1v) is 11.1. The SMILES string of the molecule is Cc1cn2cc(NC(=O)c3ccc(N4CCNCC4)c4cn(C)nc34)c(F)cc2n1.O=C(O)C(F)(F)F. The smallest absolute Gasteiger partial charge is 0.475 e. The summed E-state index contributed by atoms with van der Waals surface area (Å²) in [5.41, 5.74) is 3.43. The second-order valence-electron chi connectivity index (χ2n) is 8.37. The Labute approximate surface area is 207 Å². The van der Waals surface area contributed by atoms with Gasteiger partial charge in [-0.25, -0.2) is 14.2 Å². The van der Waals surface area contributed by atoms with Gasteiger partial charge in [-0.05, 0) is 19.1 Å². The summed E-state index contributed by atoms with van der Waals surface area (Å²) in [5, 5.41) is 18.6. The van der Waals surface area contributed by atoms with Crippen LogP contribution in [0.4, 0.5) is 28.9 Å². The van der Waals surface area contributed by atoms with Gasteiger partial charge in [0.2, 0.25) is 0 Å². The molecule has 0 aliphatic carbocycles. The molecule has 0 bridgehead atoms. The van der Waals surface area contributed by atoms with Crippen molar-refractivity contribution in [2.24, 2.45) is 7.05 Å². The number of hydrogen-bond donors (Lipinski definition) is 3. The van der Waals surface area contributed by atoms with Crippen LogP contribution in [0.1, 0.15) is 16.1 Å². The molecule has 1 amide bonds. The summed E-state index contributed by atoms with van der Waals surface area (Å²) in [5.74, 6) is -3.69. The number of carbonyl (C=O) groups excluding carboxylic acids is 1. The van der Waals surface area contributed by atoms with E-state index in [-0.39, 0.29) is 5.69 Å². The minimum atomic E-state index is -5.08. The highest BCUT2D eigenvalue weighted by atomic mass is 19.4. The summed E-state index contributed by atoms with van der Waals surface area (Å²) in [6, 6.07) is 5.02. The van der Waals surface area contributed by atoms with Gasteiger partial charge in [0.1, 0.15) is 11.2 Å². The molecule has 4 heterocycles. The molecule has 0 spiro atoms. The minimum Gasteiger partial charge on any atom is -0.475 e. The molecule has 0 radical (unpaired) electrons. The van der Waals surface area contributed by atoms with Gasteiger partial charge in [0.25, 0.3) is 5.91 Å². The van der Waals surface area contributed by atoms with Crippen molar-refractivity contribution in [3.63, 3.8) is 0 Å². The number of aliphatic carboxylic acids is 1. The maximum Gasteiger partial charge on any atom is 0.490 e. The number of imidazole rings is 1. The molecular weight excluding hydrogens is 498 g/mol. The molecule has 14 heteroatoms. The van der Waals surface area contributed by atoms with Gasteiger partial charge in [0.15, 0.2) is 5.82 Å². The van der Waals surface area contributed by atoms with Crippen molar-refractivity contribution in [3.8, 4) is 0 Å². The third-order valence-electron chi connectivity index (χ3n) is 5.62. The Morgan fingerprint density at radius 2 is 1.81 bits per heavy atom. The number of carbonyl (C=O) groups is 2.